The second-order valence-corrected chi connectivity index (χ2v) is 5.25. The van der Waals surface area contributed by atoms with Crippen molar-refractivity contribution in [1.29, 1.82) is 0 Å². The molecule has 0 saturated carbocycles. The van der Waals surface area contributed by atoms with Crippen LogP contribution in [0, 0.1) is 11.6 Å². The van der Waals surface area contributed by atoms with Crippen molar-refractivity contribution in [2.24, 2.45) is 0 Å². The molecule has 1 unspecified atom stereocenters. The molecule has 0 spiro atoms. The van der Waals surface area contributed by atoms with E-state index in [1.54, 1.807) is 0 Å². The second-order valence-electron chi connectivity index (χ2n) is 5.25. The van der Waals surface area contributed by atoms with Crippen LogP contribution in [0.3, 0.4) is 0 Å². The van der Waals surface area contributed by atoms with E-state index in [-0.39, 0.29) is 75.4 Å². The third kappa shape index (κ3) is 4.59. The predicted octanol–water partition coefficient (Wildman–Crippen LogP) is -3.87. The number of piperidine rings is 1. The number of amides is 4. The van der Waals surface area contributed by atoms with Crippen molar-refractivity contribution in [2.45, 2.75) is 25.8 Å². The molecule has 8 nitrogen and oxygen atoms in total. The number of rotatable bonds is 1. The minimum Gasteiger partial charge on any atom is -0.550 e. The number of carboxylic acid groups (broad SMARTS) is 1. The number of imide groups is 2. The Hall–Kier alpha value is -1.53. The number of carbonyl (C=O) groups excluding carboxylic acids is 5. The normalized spacial score (nSPS) is 18.4. The van der Waals surface area contributed by atoms with Gasteiger partial charge in [0, 0.05) is 12.4 Å². The van der Waals surface area contributed by atoms with Crippen LogP contribution >= 0.6 is 0 Å². The van der Waals surface area contributed by atoms with Crippen LogP contribution in [0.5, 0.6) is 0 Å². The number of aliphatic carboxylic acids is 1. The van der Waals surface area contributed by atoms with Gasteiger partial charge < -0.3 is 9.90 Å². The standard InChI is InChI=1S/C13H8F2N2O4.C2H4O2.K/c14-7-3-5-6(4-8(7)15)13(21)17(12(5)20)9-1-2-10(18)16-11(9)19;1-2(3)4;/h3-4,9H,1-2H2,(H,16,18,19);1H3,(H,3,4);/q;;+1/p-1. The fourth-order valence-electron chi connectivity index (χ4n) is 2.46. The molecule has 1 atom stereocenters. The first-order chi connectivity index (χ1) is 11.6. The van der Waals surface area contributed by atoms with Gasteiger partial charge in [0.15, 0.2) is 11.6 Å². The van der Waals surface area contributed by atoms with E-state index in [0.717, 1.165) is 6.92 Å². The summed E-state index contributed by atoms with van der Waals surface area (Å²) in [6.45, 7) is 0.972. The molecule has 1 aromatic carbocycles. The van der Waals surface area contributed by atoms with Crippen molar-refractivity contribution < 1.29 is 89.2 Å². The first-order valence-electron chi connectivity index (χ1n) is 7.01. The molecular formula is C15H11F2KN2O6. The van der Waals surface area contributed by atoms with E-state index >= 15 is 0 Å². The minimum atomic E-state index is -1.25. The summed E-state index contributed by atoms with van der Waals surface area (Å²) in [5.74, 6) is -6.60. The van der Waals surface area contributed by atoms with Crippen molar-refractivity contribution in [1.82, 2.24) is 10.2 Å². The molecule has 1 fully saturated rings. The van der Waals surface area contributed by atoms with E-state index in [2.05, 4.69) is 0 Å². The third-order valence-electron chi connectivity index (χ3n) is 3.48. The van der Waals surface area contributed by atoms with Crippen molar-refractivity contribution in [3.63, 3.8) is 0 Å². The Balaban J connectivity index is 0.000000616. The van der Waals surface area contributed by atoms with Crippen LogP contribution in [0.1, 0.15) is 40.5 Å². The number of nitrogens with one attached hydrogen (secondary N) is 1. The summed E-state index contributed by atoms with van der Waals surface area (Å²) in [6, 6.07) is 0.120. The van der Waals surface area contributed by atoms with Crippen LogP contribution < -0.4 is 61.8 Å². The second kappa shape index (κ2) is 8.91. The van der Waals surface area contributed by atoms with Gasteiger partial charge in [0.2, 0.25) is 11.8 Å². The Morgan fingerprint density at radius 1 is 1.12 bits per heavy atom. The van der Waals surface area contributed by atoms with Crippen molar-refractivity contribution >= 4 is 29.6 Å². The number of hydrogen-bond acceptors (Lipinski definition) is 6. The van der Waals surface area contributed by atoms with Crippen molar-refractivity contribution in [3.05, 3.63) is 34.9 Å². The van der Waals surface area contributed by atoms with E-state index in [0.29, 0.717) is 17.0 Å². The molecule has 0 aliphatic carbocycles. The molecule has 2 aliphatic rings. The molecule has 0 aromatic heterocycles. The van der Waals surface area contributed by atoms with Crippen LogP contribution in [0.25, 0.3) is 0 Å². The fourth-order valence-corrected chi connectivity index (χ4v) is 2.46. The van der Waals surface area contributed by atoms with Gasteiger partial charge >= 0.3 is 51.4 Å². The van der Waals surface area contributed by atoms with Crippen molar-refractivity contribution in [3.8, 4) is 0 Å². The third-order valence-corrected chi connectivity index (χ3v) is 3.48. The van der Waals surface area contributed by atoms with Gasteiger partial charge in [0.1, 0.15) is 6.04 Å². The monoisotopic (exact) mass is 392 g/mol. The first-order valence-corrected chi connectivity index (χ1v) is 7.01. The molecule has 3 rings (SSSR count). The molecule has 0 bridgehead atoms. The topological polar surface area (TPSA) is 124 Å². The fraction of sp³-hybridized carbons (Fsp3) is 0.267. The maximum absolute atomic E-state index is 13.2. The molecular weight excluding hydrogens is 381 g/mol. The summed E-state index contributed by atoms with van der Waals surface area (Å²) in [4.78, 5) is 56.7. The Labute approximate surface area is 188 Å². The summed E-state index contributed by atoms with van der Waals surface area (Å²) in [6.07, 6.45) is -0.0341. The smallest absolute Gasteiger partial charge is 0.550 e. The predicted molar refractivity (Wildman–Crippen MR) is 73.7 cm³/mol. The van der Waals surface area contributed by atoms with Crippen LogP contribution in [0.2, 0.25) is 0 Å². The Morgan fingerprint density at radius 2 is 1.54 bits per heavy atom. The van der Waals surface area contributed by atoms with Crippen LogP contribution in [-0.2, 0) is 14.4 Å². The SMILES string of the molecule is CC(=O)[O-].O=C1CCC(N2C(=O)c3cc(F)c(F)cc3C2=O)C(=O)N1.[K+]. The van der Waals surface area contributed by atoms with Gasteiger partial charge in [-0.2, -0.15) is 0 Å². The zero-order valence-corrected chi connectivity index (χ0v) is 16.9. The number of fused-ring (bicyclic) bond motifs is 1. The number of nitrogens with zero attached hydrogens (tertiary/aromatic N) is 1. The molecule has 1 saturated heterocycles. The molecule has 4 amide bonds. The summed E-state index contributed by atoms with van der Waals surface area (Å²) < 4.78 is 26.4. The van der Waals surface area contributed by atoms with Gasteiger partial charge in [0.25, 0.3) is 11.8 Å². The van der Waals surface area contributed by atoms with Gasteiger partial charge in [-0.15, -0.1) is 0 Å². The summed E-state index contributed by atoms with van der Waals surface area (Å²) in [5, 5.41) is 10.9. The van der Waals surface area contributed by atoms with E-state index in [4.69, 9.17) is 9.90 Å². The molecule has 26 heavy (non-hydrogen) atoms. The molecule has 2 heterocycles. The van der Waals surface area contributed by atoms with Crippen LogP contribution in [-0.4, -0.2) is 40.5 Å². The Kier molecular flexibility index (Phi) is 7.71. The van der Waals surface area contributed by atoms with Crippen LogP contribution in [0.15, 0.2) is 12.1 Å². The zero-order chi connectivity index (χ0) is 18.9. The first kappa shape index (κ1) is 22.5. The van der Waals surface area contributed by atoms with E-state index in [1.165, 1.54) is 0 Å². The Morgan fingerprint density at radius 3 is 1.92 bits per heavy atom. The summed E-state index contributed by atoms with van der Waals surface area (Å²) in [7, 11) is 0. The van der Waals surface area contributed by atoms with Crippen molar-refractivity contribution in [2.75, 3.05) is 0 Å². The largest absolute Gasteiger partial charge is 1.00 e. The molecule has 0 radical (unpaired) electrons. The Bertz CT molecular complexity index is 769. The van der Waals surface area contributed by atoms with Gasteiger partial charge in [-0.3, -0.25) is 29.4 Å². The number of halogens is 2. The molecule has 1 N–H and O–H groups in total. The molecule has 132 valence electrons. The average Bonchev–Trinajstić information content (AvgIpc) is 2.72. The summed E-state index contributed by atoms with van der Waals surface area (Å²) >= 11 is 0. The molecule has 1 aromatic rings. The quantitative estimate of drug-likeness (QED) is 0.385. The summed E-state index contributed by atoms with van der Waals surface area (Å²) in [5.41, 5.74) is -0.577. The van der Waals surface area contributed by atoms with E-state index in [1.807, 2.05) is 5.32 Å². The zero-order valence-electron chi connectivity index (χ0n) is 13.8. The number of hydrogen-bond donors (Lipinski definition) is 1. The maximum Gasteiger partial charge on any atom is 1.00 e. The number of carbonyl (C=O) groups is 5. The molecule has 2 aliphatic heterocycles. The van der Waals surface area contributed by atoms with E-state index < -0.39 is 47.3 Å². The number of carboxylic acids is 1. The van der Waals surface area contributed by atoms with Gasteiger partial charge in [-0.1, -0.05) is 0 Å². The average molecular weight is 392 g/mol. The van der Waals surface area contributed by atoms with Crippen LogP contribution in [0.4, 0.5) is 8.78 Å². The maximum atomic E-state index is 13.2. The van der Waals surface area contributed by atoms with Gasteiger partial charge in [-0.25, -0.2) is 8.78 Å². The minimum absolute atomic E-state index is 0. The van der Waals surface area contributed by atoms with Gasteiger partial charge in [0.05, 0.1) is 11.1 Å². The number of benzene rings is 1. The van der Waals surface area contributed by atoms with E-state index in [9.17, 15) is 28.0 Å². The molecule has 11 heteroatoms. The van der Waals surface area contributed by atoms with Gasteiger partial charge in [-0.05, 0) is 25.5 Å².